The van der Waals surface area contributed by atoms with Crippen LogP contribution in [0.4, 0.5) is 5.69 Å². The Kier molecular flexibility index (Phi) is 4.29. The van der Waals surface area contributed by atoms with Gasteiger partial charge in [0.2, 0.25) is 0 Å². The zero-order valence-electron chi connectivity index (χ0n) is 11.6. The summed E-state index contributed by atoms with van der Waals surface area (Å²) < 4.78 is 1.95. The number of aromatic nitrogens is 2. The number of nitrogens with one attached hydrogen (secondary N) is 2. The van der Waals surface area contributed by atoms with Crippen molar-refractivity contribution in [1.82, 2.24) is 14.9 Å². The SMILES string of the molecule is CNC(=O)c1cc(NC(C)c2nccn2C)ccc1Cl. The van der Waals surface area contributed by atoms with Crippen LogP contribution >= 0.6 is 11.6 Å². The number of hydrogen-bond acceptors (Lipinski definition) is 3. The van der Waals surface area contributed by atoms with Crippen molar-refractivity contribution in [3.05, 3.63) is 47.0 Å². The second-order valence-corrected chi connectivity index (χ2v) is 4.94. The first-order valence-electron chi connectivity index (χ1n) is 6.28. The van der Waals surface area contributed by atoms with Crippen molar-refractivity contribution < 1.29 is 4.79 Å². The second kappa shape index (κ2) is 5.96. The van der Waals surface area contributed by atoms with Gasteiger partial charge in [0.25, 0.3) is 5.91 Å². The van der Waals surface area contributed by atoms with E-state index in [1.807, 2.05) is 30.8 Å². The molecule has 1 amide bonds. The molecule has 1 heterocycles. The minimum atomic E-state index is -0.205. The number of carbonyl (C=O) groups excluding carboxylic acids is 1. The number of anilines is 1. The number of amides is 1. The molecule has 1 aromatic carbocycles. The molecule has 0 radical (unpaired) electrons. The topological polar surface area (TPSA) is 59.0 Å². The molecule has 0 spiro atoms. The van der Waals surface area contributed by atoms with Gasteiger partial charge in [-0.15, -0.1) is 0 Å². The van der Waals surface area contributed by atoms with Gasteiger partial charge in [-0.25, -0.2) is 4.98 Å². The number of nitrogens with zero attached hydrogens (tertiary/aromatic N) is 2. The van der Waals surface area contributed by atoms with E-state index in [1.165, 1.54) is 0 Å². The van der Waals surface area contributed by atoms with E-state index in [0.29, 0.717) is 10.6 Å². The van der Waals surface area contributed by atoms with E-state index in [0.717, 1.165) is 11.5 Å². The van der Waals surface area contributed by atoms with E-state index in [-0.39, 0.29) is 11.9 Å². The number of aryl methyl sites for hydroxylation is 1. The van der Waals surface area contributed by atoms with Crippen molar-refractivity contribution in [2.24, 2.45) is 7.05 Å². The number of carbonyl (C=O) groups is 1. The molecule has 0 aliphatic heterocycles. The molecule has 2 rings (SSSR count). The zero-order chi connectivity index (χ0) is 14.7. The molecule has 1 atom stereocenters. The monoisotopic (exact) mass is 292 g/mol. The Morgan fingerprint density at radius 2 is 2.20 bits per heavy atom. The van der Waals surface area contributed by atoms with Crippen LogP contribution in [0.2, 0.25) is 5.02 Å². The van der Waals surface area contributed by atoms with E-state index in [4.69, 9.17) is 11.6 Å². The minimum absolute atomic E-state index is 0.0220. The number of benzene rings is 1. The fourth-order valence-electron chi connectivity index (χ4n) is 2.03. The molecule has 0 bridgehead atoms. The van der Waals surface area contributed by atoms with Crippen LogP contribution in [0.15, 0.2) is 30.6 Å². The summed E-state index contributed by atoms with van der Waals surface area (Å²) in [6, 6.07) is 5.31. The average molecular weight is 293 g/mol. The number of hydrogen-bond donors (Lipinski definition) is 2. The quantitative estimate of drug-likeness (QED) is 0.911. The van der Waals surface area contributed by atoms with Crippen molar-refractivity contribution >= 4 is 23.2 Å². The third-order valence-electron chi connectivity index (χ3n) is 3.07. The first kappa shape index (κ1) is 14.4. The van der Waals surface area contributed by atoms with Crippen molar-refractivity contribution in [2.75, 3.05) is 12.4 Å². The molecule has 0 aliphatic carbocycles. The van der Waals surface area contributed by atoms with Crippen LogP contribution in [0.3, 0.4) is 0 Å². The first-order chi connectivity index (χ1) is 9.52. The number of halogens is 1. The van der Waals surface area contributed by atoms with Gasteiger partial charge in [0, 0.05) is 32.2 Å². The smallest absolute Gasteiger partial charge is 0.252 e. The van der Waals surface area contributed by atoms with Crippen LogP contribution < -0.4 is 10.6 Å². The van der Waals surface area contributed by atoms with E-state index < -0.39 is 0 Å². The van der Waals surface area contributed by atoms with Crippen LogP contribution in [0.5, 0.6) is 0 Å². The Hall–Kier alpha value is -2.01. The Morgan fingerprint density at radius 1 is 1.45 bits per heavy atom. The van der Waals surface area contributed by atoms with Gasteiger partial charge >= 0.3 is 0 Å². The molecule has 0 fully saturated rings. The van der Waals surface area contributed by atoms with Gasteiger partial charge < -0.3 is 15.2 Å². The summed E-state index contributed by atoms with van der Waals surface area (Å²) in [5.74, 6) is 0.713. The average Bonchev–Trinajstić information content (AvgIpc) is 2.86. The van der Waals surface area contributed by atoms with Crippen molar-refractivity contribution in [3.63, 3.8) is 0 Å². The first-order valence-corrected chi connectivity index (χ1v) is 6.66. The minimum Gasteiger partial charge on any atom is -0.375 e. The molecule has 2 N–H and O–H groups in total. The molecule has 0 aliphatic rings. The summed E-state index contributed by atoms with van der Waals surface area (Å²) in [6.07, 6.45) is 3.65. The predicted molar refractivity (Wildman–Crippen MR) is 80.1 cm³/mol. The number of imidazole rings is 1. The van der Waals surface area contributed by atoms with Crippen LogP contribution in [0, 0.1) is 0 Å². The maximum Gasteiger partial charge on any atom is 0.252 e. The highest BCUT2D eigenvalue weighted by Crippen LogP contribution is 2.23. The molecule has 1 aromatic heterocycles. The largest absolute Gasteiger partial charge is 0.375 e. The summed E-state index contributed by atoms with van der Waals surface area (Å²) >= 11 is 6.03. The second-order valence-electron chi connectivity index (χ2n) is 4.54. The lowest BCUT2D eigenvalue weighted by Crippen LogP contribution is -2.19. The summed E-state index contributed by atoms with van der Waals surface area (Å²) in [5.41, 5.74) is 1.27. The summed E-state index contributed by atoms with van der Waals surface area (Å²) in [6.45, 7) is 2.01. The Morgan fingerprint density at radius 3 is 2.80 bits per heavy atom. The van der Waals surface area contributed by atoms with E-state index in [2.05, 4.69) is 15.6 Å². The van der Waals surface area contributed by atoms with Crippen molar-refractivity contribution in [2.45, 2.75) is 13.0 Å². The third-order valence-corrected chi connectivity index (χ3v) is 3.40. The molecule has 106 valence electrons. The highest BCUT2D eigenvalue weighted by atomic mass is 35.5. The van der Waals surface area contributed by atoms with Gasteiger partial charge in [-0.3, -0.25) is 4.79 Å². The van der Waals surface area contributed by atoms with Gasteiger partial charge in [-0.2, -0.15) is 0 Å². The van der Waals surface area contributed by atoms with Crippen LogP contribution in [0.1, 0.15) is 29.1 Å². The highest BCUT2D eigenvalue weighted by Gasteiger charge is 2.13. The fourth-order valence-corrected chi connectivity index (χ4v) is 2.24. The molecular weight excluding hydrogens is 276 g/mol. The van der Waals surface area contributed by atoms with Gasteiger partial charge in [-0.1, -0.05) is 11.6 Å². The molecule has 1 unspecified atom stereocenters. The summed E-state index contributed by atoms with van der Waals surface area (Å²) in [7, 11) is 3.52. The molecule has 5 nitrogen and oxygen atoms in total. The standard InChI is InChI=1S/C14H17ClN4O/c1-9(13-17-6-7-19(13)3)18-10-4-5-12(15)11(8-10)14(20)16-2/h4-9,18H,1-3H3,(H,16,20). The molecule has 6 heteroatoms. The highest BCUT2D eigenvalue weighted by molar-refractivity contribution is 6.34. The molecule has 20 heavy (non-hydrogen) atoms. The van der Waals surface area contributed by atoms with Crippen LogP contribution in [-0.4, -0.2) is 22.5 Å². The Balaban J connectivity index is 2.22. The van der Waals surface area contributed by atoms with Gasteiger partial charge in [0.05, 0.1) is 16.6 Å². The van der Waals surface area contributed by atoms with Crippen LogP contribution in [-0.2, 0) is 7.05 Å². The zero-order valence-corrected chi connectivity index (χ0v) is 12.4. The molecule has 2 aromatic rings. The van der Waals surface area contributed by atoms with E-state index in [1.54, 1.807) is 25.4 Å². The lowest BCUT2D eigenvalue weighted by atomic mass is 10.1. The predicted octanol–water partition coefficient (Wildman–Crippen LogP) is 2.61. The third kappa shape index (κ3) is 2.93. The summed E-state index contributed by atoms with van der Waals surface area (Å²) in [5, 5.41) is 6.31. The van der Waals surface area contributed by atoms with Crippen molar-refractivity contribution in [1.29, 1.82) is 0 Å². The van der Waals surface area contributed by atoms with Gasteiger partial charge in [-0.05, 0) is 25.1 Å². The lowest BCUT2D eigenvalue weighted by molar-refractivity contribution is 0.0963. The fraction of sp³-hybridized carbons (Fsp3) is 0.286. The van der Waals surface area contributed by atoms with Gasteiger partial charge in [0.15, 0.2) is 0 Å². The van der Waals surface area contributed by atoms with Crippen molar-refractivity contribution in [3.8, 4) is 0 Å². The Bertz CT molecular complexity index is 623. The van der Waals surface area contributed by atoms with E-state index in [9.17, 15) is 4.79 Å². The molecule has 0 saturated heterocycles. The van der Waals surface area contributed by atoms with Gasteiger partial charge in [0.1, 0.15) is 5.82 Å². The molecular formula is C14H17ClN4O. The van der Waals surface area contributed by atoms with Crippen LogP contribution in [0.25, 0.3) is 0 Å². The lowest BCUT2D eigenvalue weighted by Gasteiger charge is -2.16. The summed E-state index contributed by atoms with van der Waals surface area (Å²) in [4.78, 5) is 16.0. The molecule has 0 saturated carbocycles. The van der Waals surface area contributed by atoms with E-state index >= 15 is 0 Å². The number of rotatable bonds is 4. The normalized spacial score (nSPS) is 12.0. The maximum absolute atomic E-state index is 11.7. The maximum atomic E-state index is 11.7. The Labute approximate surface area is 123 Å².